The van der Waals surface area contributed by atoms with Gasteiger partial charge in [0.25, 0.3) is 0 Å². The molecule has 0 fully saturated rings. The Hall–Kier alpha value is -1.55. The highest BCUT2D eigenvalue weighted by atomic mass is 35.5. The van der Waals surface area contributed by atoms with Gasteiger partial charge in [-0.25, -0.2) is 4.79 Å². The van der Waals surface area contributed by atoms with E-state index in [4.69, 9.17) is 11.6 Å². The molecule has 0 aliphatic carbocycles. The van der Waals surface area contributed by atoms with Gasteiger partial charge in [-0.05, 0) is 6.07 Å². The zero-order valence-electron chi connectivity index (χ0n) is 8.14. The Morgan fingerprint density at radius 2 is 2.27 bits per heavy atom. The van der Waals surface area contributed by atoms with E-state index in [9.17, 15) is 4.79 Å². The lowest BCUT2D eigenvalue weighted by atomic mass is 10.2. The second-order valence-corrected chi connectivity index (χ2v) is 3.01. The van der Waals surface area contributed by atoms with Crippen molar-refractivity contribution in [1.82, 2.24) is 0 Å². The van der Waals surface area contributed by atoms with Crippen LogP contribution in [-0.2, 0) is 14.4 Å². The molecular formula is C10H10ClNO3. The Morgan fingerprint density at radius 1 is 1.53 bits per heavy atom. The molecule has 0 aliphatic rings. The van der Waals surface area contributed by atoms with Crippen LogP contribution in [0, 0.1) is 0 Å². The minimum Gasteiger partial charge on any atom is -0.466 e. The first-order valence-corrected chi connectivity index (χ1v) is 4.58. The molecule has 15 heavy (non-hydrogen) atoms. The molecule has 0 radical (unpaired) electrons. The van der Waals surface area contributed by atoms with Gasteiger partial charge >= 0.3 is 5.97 Å². The van der Waals surface area contributed by atoms with E-state index in [1.807, 2.05) is 12.1 Å². The first kappa shape index (κ1) is 11.5. The topological polar surface area (TPSA) is 47.9 Å². The summed E-state index contributed by atoms with van der Waals surface area (Å²) in [6.07, 6.45) is 1.44. The monoisotopic (exact) mass is 227 g/mol. The van der Waals surface area contributed by atoms with E-state index in [2.05, 4.69) is 14.7 Å². The molecule has 0 aliphatic heterocycles. The largest absolute Gasteiger partial charge is 0.466 e. The average Bonchev–Trinajstić information content (AvgIpc) is 2.26. The van der Waals surface area contributed by atoms with E-state index in [-0.39, 0.29) is 6.61 Å². The van der Waals surface area contributed by atoms with Gasteiger partial charge in [0.15, 0.2) is 0 Å². The van der Waals surface area contributed by atoms with Crippen LogP contribution >= 0.6 is 11.6 Å². The highest BCUT2D eigenvalue weighted by Gasteiger charge is 1.98. The number of nitrogens with zero attached hydrogens (tertiary/aromatic N) is 1. The third-order valence-electron chi connectivity index (χ3n) is 1.58. The first-order valence-electron chi connectivity index (χ1n) is 4.20. The molecule has 1 rings (SSSR count). The predicted molar refractivity (Wildman–Crippen MR) is 57.0 cm³/mol. The van der Waals surface area contributed by atoms with Crippen molar-refractivity contribution in [2.45, 2.75) is 0 Å². The highest BCUT2D eigenvalue weighted by Crippen LogP contribution is 2.12. The lowest BCUT2D eigenvalue weighted by Crippen LogP contribution is -2.07. The van der Waals surface area contributed by atoms with Gasteiger partial charge in [-0.3, -0.25) is 0 Å². The molecule has 0 aromatic heterocycles. The summed E-state index contributed by atoms with van der Waals surface area (Å²) >= 11 is 5.85. The van der Waals surface area contributed by atoms with E-state index < -0.39 is 5.97 Å². The quantitative estimate of drug-likeness (QED) is 0.448. The first-order chi connectivity index (χ1) is 7.24. The van der Waals surface area contributed by atoms with Gasteiger partial charge in [-0.2, -0.15) is 0 Å². The smallest absolute Gasteiger partial charge is 0.346 e. The fourth-order valence-electron chi connectivity index (χ4n) is 0.823. The Kier molecular flexibility index (Phi) is 4.63. The van der Waals surface area contributed by atoms with E-state index in [1.165, 1.54) is 13.3 Å². The van der Waals surface area contributed by atoms with Crippen LogP contribution in [0.3, 0.4) is 0 Å². The predicted octanol–water partition coefficient (Wildman–Crippen LogP) is 1.86. The molecule has 0 bridgehead atoms. The number of methoxy groups -OCH3 is 1. The van der Waals surface area contributed by atoms with Crippen molar-refractivity contribution in [3.63, 3.8) is 0 Å². The number of esters is 1. The Labute approximate surface area is 92.4 Å². The van der Waals surface area contributed by atoms with Crippen LogP contribution in [0.15, 0.2) is 29.4 Å². The molecule has 4 nitrogen and oxygen atoms in total. The van der Waals surface area contributed by atoms with Crippen LogP contribution in [0.2, 0.25) is 5.02 Å². The fraction of sp³-hybridized carbons (Fsp3) is 0.200. The van der Waals surface area contributed by atoms with Gasteiger partial charge in [-0.15, -0.1) is 0 Å². The minimum absolute atomic E-state index is 0.211. The van der Waals surface area contributed by atoms with Gasteiger partial charge < -0.3 is 9.57 Å². The molecule has 0 N–H and O–H groups in total. The van der Waals surface area contributed by atoms with Crippen LogP contribution < -0.4 is 0 Å². The molecule has 0 saturated carbocycles. The van der Waals surface area contributed by atoms with Crippen molar-refractivity contribution in [1.29, 1.82) is 0 Å². The minimum atomic E-state index is -0.480. The number of hydrogen-bond acceptors (Lipinski definition) is 4. The summed E-state index contributed by atoms with van der Waals surface area (Å²) < 4.78 is 4.36. The Morgan fingerprint density at radius 3 is 2.93 bits per heavy atom. The van der Waals surface area contributed by atoms with Crippen molar-refractivity contribution in [3.05, 3.63) is 34.9 Å². The van der Waals surface area contributed by atoms with Crippen molar-refractivity contribution < 1.29 is 14.4 Å². The third-order valence-corrected chi connectivity index (χ3v) is 1.93. The summed E-state index contributed by atoms with van der Waals surface area (Å²) in [7, 11) is 1.28. The van der Waals surface area contributed by atoms with Crippen LogP contribution in [0.25, 0.3) is 0 Å². The van der Waals surface area contributed by atoms with Gasteiger partial charge in [0.1, 0.15) is 0 Å². The molecule has 0 spiro atoms. The summed E-state index contributed by atoms with van der Waals surface area (Å²) in [5, 5.41) is 4.15. The van der Waals surface area contributed by atoms with Crippen molar-refractivity contribution >= 4 is 23.8 Å². The Bertz CT molecular complexity index is 365. The lowest BCUT2D eigenvalue weighted by molar-refractivity contribution is -0.145. The molecular weight excluding hydrogens is 218 g/mol. The number of rotatable bonds is 4. The number of halogens is 1. The van der Waals surface area contributed by atoms with Gasteiger partial charge in [-0.1, -0.05) is 35.0 Å². The number of ether oxygens (including phenoxy) is 1. The van der Waals surface area contributed by atoms with Crippen LogP contribution in [0.4, 0.5) is 0 Å². The maximum Gasteiger partial charge on any atom is 0.346 e. The van der Waals surface area contributed by atoms with Crippen LogP contribution in [0.5, 0.6) is 0 Å². The molecule has 0 unspecified atom stereocenters. The summed E-state index contributed by atoms with van der Waals surface area (Å²) in [5.74, 6) is -0.480. The summed E-state index contributed by atoms with van der Waals surface area (Å²) in [6.45, 7) is -0.211. The maximum absolute atomic E-state index is 10.6. The molecule has 0 amide bonds. The number of hydrogen-bond donors (Lipinski definition) is 0. The number of benzene rings is 1. The van der Waals surface area contributed by atoms with Crippen LogP contribution in [0.1, 0.15) is 5.56 Å². The number of oxime groups is 1. The molecule has 80 valence electrons. The molecule has 0 heterocycles. The van der Waals surface area contributed by atoms with Gasteiger partial charge in [0.2, 0.25) is 6.61 Å². The summed E-state index contributed by atoms with van der Waals surface area (Å²) in [5.41, 5.74) is 0.726. The van der Waals surface area contributed by atoms with Crippen molar-refractivity contribution in [2.24, 2.45) is 5.16 Å². The molecule has 5 heteroatoms. The second-order valence-electron chi connectivity index (χ2n) is 2.61. The average molecular weight is 228 g/mol. The van der Waals surface area contributed by atoms with Crippen molar-refractivity contribution in [3.8, 4) is 0 Å². The second kappa shape index (κ2) is 6.03. The van der Waals surface area contributed by atoms with E-state index in [0.29, 0.717) is 5.02 Å². The highest BCUT2D eigenvalue weighted by molar-refractivity contribution is 6.33. The molecule has 0 saturated heterocycles. The Balaban J connectivity index is 2.45. The SMILES string of the molecule is COC(=O)CON=Cc1ccccc1Cl. The number of carbonyl (C=O) groups excluding carboxylic acids is 1. The van der Waals surface area contributed by atoms with E-state index in [1.54, 1.807) is 12.1 Å². The van der Waals surface area contributed by atoms with Gasteiger partial charge in [0, 0.05) is 10.6 Å². The third kappa shape index (κ3) is 3.99. The normalized spacial score (nSPS) is 10.3. The standard InChI is InChI=1S/C10H10ClNO3/c1-14-10(13)7-15-12-6-8-4-2-3-5-9(8)11/h2-6H,7H2,1H3. The fourth-order valence-corrected chi connectivity index (χ4v) is 1.01. The molecule has 1 aromatic carbocycles. The lowest BCUT2D eigenvalue weighted by Gasteiger charge is -1.97. The van der Waals surface area contributed by atoms with Crippen LogP contribution in [-0.4, -0.2) is 25.9 Å². The zero-order chi connectivity index (χ0) is 11.1. The number of carbonyl (C=O) groups is 1. The summed E-state index contributed by atoms with van der Waals surface area (Å²) in [4.78, 5) is 15.3. The van der Waals surface area contributed by atoms with E-state index >= 15 is 0 Å². The van der Waals surface area contributed by atoms with Gasteiger partial charge in [0.05, 0.1) is 13.3 Å². The van der Waals surface area contributed by atoms with Crippen molar-refractivity contribution in [2.75, 3.05) is 13.7 Å². The summed E-state index contributed by atoms with van der Waals surface area (Å²) in [6, 6.07) is 7.17. The van der Waals surface area contributed by atoms with E-state index in [0.717, 1.165) is 5.56 Å². The zero-order valence-corrected chi connectivity index (χ0v) is 8.90. The molecule has 0 atom stereocenters. The molecule has 1 aromatic rings. The maximum atomic E-state index is 10.6.